The van der Waals surface area contributed by atoms with E-state index in [0.717, 1.165) is 0 Å². The second-order valence-corrected chi connectivity index (χ2v) is 9.78. The number of ether oxygens (including phenoxy) is 3. The molecule has 0 saturated carbocycles. The zero-order valence-electron chi connectivity index (χ0n) is 18.8. The molecular formula is C24H25F6O3P. The Bertz CT molecular complexity index is 949. The van der Waals surface area contributed by atoms with Crippen molar-refractivity contribution in [1.29, 1.82) is 0 Å². The van der Waals surface area contributed by atoms with Gasteiger partial charge in [0, 0.05) is 14.5 Å². The molecule has 3 rings (SSSR count). The molecule has 1 aliphatic carbocycles. The van der Waals surface area contributed by atoms with Crippen LogP contribution in [0.25, 0.3) is 0 Å². The van der Waals surface area contributed by atoms with Crippen LogP contribution in [0.15, 0.2) is 60.7 Å². The summed E-state index contributed by atoms with van der Waals surface area (Å²) in [5, 5.41) is -3.86. The van der Waals surface area contributed by atoms with Crippen molar-refractivity contribution < 1.29 is 40.6 Å². The summed E-state index contributed by atoms with van der Waals surface area (Å²) in [6.45, 7) is 4.72. The van der Waals surface area contributed by atoms with Crippen LogP contribution in [0.2, 0.25) is 0 Å². The third-order valence-corrected chi connectivity index (χ3v) is 7.98. The second kappa shape index (κ2) is 9.78. The van der Waals surface area contributed by atoms with Crippen molar-refractivity contribution in [3.05, 3.63) is 60.7 Å². The average molecular weight is 506 g/mol. The fraction of sp³-hybridized carbons (Fsp3) is 0.417. The van der Waals surface area contributed by atoms with Crippen LogP contribution in [0.1, 0.15) is 20.8 Å². The quantitative estimate of drug-likeness (QED) is 0.233. The standard InChI is InChI=1S/C24H25F6O3P/c1-4-31-17-7-11-19(12-8-17)34(20-13-9-18(10-14-20)32-5-2)22(26)16-15-21(25,33-6-3)23(27,28)24(22,29)30/h7-16H,4-6H2,1-3H3. The Morgan fingerprint density at radius 3 is 1.44 bits per heavy atom. The first kappa shape index (κ1) is 26.4. The first-order valence-corrected chi connectivity index (χ1v) is 12.0. The van der Waals surface area contributed by atoms with Crippen LogP contribution in [0.5, 0.6) is 11.5 Å². The minimum atomic E-state index is -5.48. The molecule has 0 amide bonds. The molecule has 0 aliphatic heterocycles. The predicted molar refractivity (Wildman–Crippen MR) is 120 cm³/mol. The monoisotopic (exact) mass is 506 g/mol. The molecule has 2 aromatic rings. The lowest BCUT2D eigenvalue weighted by atomic mass is 9.92. The fourth-order valence-corrected chi connectivity index (χ4v) is 6.25. The van der Waals surface area contributed by atoms with Crippen LogP contribution in [-0.4, -0.2) is 42.9 Å². The highest BCUT2D eigenvalue weighted by molar-refractivity contribution is 7.74. The normalized spacial score (nSPS) is 25.4. The molecule has 0 spiro atoms. The summed E-state index contributed by atoms with van der Waals surface area (Å²) in [5.74, 6) is -14.3. The Labute approximate surface area is 195 Å². The fourth-order valence-electron chi connectivity index (χ4n) is 3.67. The van der Waals surface area contributed by atoms with Gasteiger partial charge >= 0.3 is 11.8 Å². The van der Waals surface area contributed by atoms with E-state index < -0.39 is 37.6 Å². The lowest BCUT2D eigenvalue weighted by Gasteiger charge is -2.47. The van der Waals surface area contributed by atoms with E-state index in [1.165, 1.54) is 55.5 Å². The van der Waals surface area contributed by atoms with Crippen molar-refractivity contribution in [2.24, 2.45) is 0 Å². The number of halogens is 6. The van der Waals surface area contributed by atoms with Crippen LogP contribution in [0.4, 0.5) is 26.3 Å². The molecule has 0 fully saturated rings. The number of alkyl halides is 6. The van der Waals surface area contributed by atoms with Gasteiger partial charge in [-0.15, -0.1) is 0 Å². The number of benzene rings is 2. The molecule has 0 saturated heterocycles. The smallest absolute Gasteiger partial charge is 0.375 e. The highest BCUT2D eigenvalue weighted by Gasteiger charge is 2.81. The van der Waals surface area contributed by atoms with Crippen molar-refractivity contribution in [1.82, 2.24) is 0 Å². The predicted octanol–water partition coefficient (Wildman–Crippen LogP) is 6.13. The molecule has 3 nitrogen and oxygen atoms in total. The number of hydrogen-bond donors (Lipinski definition) is 0. The molecule has 1 aliphatic rings. The van der Waals surface area contributed by atoms with Gasteiger partial charge in [0.2, 0.25) is 5.41 Å². The van der Waals surface area contributed by atoms with Crippen LogP contribution in [-0.2, 0) is 4.74 Å². The first-order chi connectivity index (χ1) is 16.0. The Balaban J connectivity index is 2.20. The maximum absolute atomic E-state index is 16.4. The van der Waals surface area contributed by atoms with E-state index in [4.69, 9.17) is 9.47 Å². The van der Waals surface area contributed by atoms with E-state index in [1.54, 1.807) is 13.8 Å². The van der Waals surface area contributed by atoms with E-state index in [0.29, 0.717) is 24.7 Å². The third kappa shape index (κ3) is 4.29. The summed E-state index contributed by atoms with van der Waals surface area (Å²) in [7, 11) is -2.81. The molecule has 0 heterocycles. The Morgan fingerprint density at radius 1 is 0.618 bits per heavy atom. The minimum absolute atomic E-state index is 0.0352. The van der Waals surface area contributed by atoms with Crippen LogP contribution in [0.3, 0.4) is 0 Å². The Kier molecular flexibility index (Phi) is 7.58. The maximum atomic E-state index is 16.4. The first-order valence-electron chi connectivity index (χ1n) is 10.7. The zero-order valence-corrected chi connectivity index (χ0v) is 19.7. The molecule has 0 N–H and O–H groups in total. The maximum Gasteiger partial charge on any atom is 0.375 e. The largest absolute Gasteiger partial charge is 0.494 e. The third-order valence-electron chi connectivity index (χ3n) is 5.27. The van der Waals surface area contributed by atoms with E-state index >= 15 is 13.2 Å². The highest BCUT2D eigenvalue weighted by atomic mass is 31.1. The van der Waals surface area contributed by atoms with Crippen LogP contribution >= 0.6 is 7.92 Å². The lowest BCUT2D eigenvalue weighted by Crippen LogP contribution is -2.67. The molecule has 34 heavy (non-hydrogen) atoms. The van der Waals surface area contributed by atoms with Gasteiger partial charge in [0.15, 0.2) is 0 Å². The van der Waals surface area contributed by atoms with Crippen LogP contribution in [0, 0.1) is 0 Å². The van der Waals surface area contributed by atoms with Crippen molar-refractivity contribution >= 4 is 18.5 Å². The topological polar surface area (TPSA) is 27.7 Å². The Morgan fingerprint density at radius 2 is 1.06 bits per heavy atom. The molecule has 2 aromatic carbocycles. The lowest BCUT2D eigenvalue weighted by molar-refractivity contribution is -0.348. The molecule has 0 radical (unpaired) electrons. The SMILES string of the molecule is CCOc1ccc(P(c2ccc(OCC)cc2)C2(F)C=CC(F)(OCC)C(F)(F)C2(F)F)cc1. The second-order valence-electron chi connectivity index (χ2n) is 7.42. The minimum Gasteiger partial charge on any atom is -0.494 e. The summed E-state index contributed by atoms with van der Waals surface area (Å²) in [5.41, 5.74) is 0. The molecule has 2 unspecified atom stereocenters. The van der Waals surface area contributed by atoms with Gasteiger partial charge in [-0.3, -0.25) is 0 Å². The summed E-state index contributed by atoms with van der Waals surface area (Å²) >= 11 is 0. The van der Waals surface area contributed by atoms with Gasteiger partial charge in [-0.1, -0.05) is 24.3 Å². The summed E-state index contributed by atoms with van der Waals surface area (Å²) < 4.78 is 107. The number of hydrogen-bond acceptors (Lipinski definition) is 3. The van der Waals surface area contributed by atoms with Crippen molar-refractivity contribution in [2.75, 3.05) is 19.8 Å². The zero-order chi connectivity index (χ0) is 25.2. The van der Waals surface area contributed by atoms with Gasteiger partial charge in [0.25, 0.3) is 5.85 Å². The molecule has 0 bridgehead atoms. The van der Waals surface area contributed by atoms with Gasteiger partial charge in [-0.05, 0) is 67.8 Å². The molecule has 0 aromatic heterocycles. The van der Waals surface area contributed by atoms with Gasteiger partial charge in [-0.2, -0.15) is 17.6 Å². The summed E-state index contributed by atoms with van der Waals surface area (Å²) in [4.78, 5) is 0. The summed E-state index contributed by atoms with van der Waals surface area (Å²) in [6.07, 6.45) is 0.241. The van der Waals surface area contributed by atoms with Crippen molar-refractivity contribution in [2.45, 2.75) is 43.9 Å². The van der Waals surface area contributed by atoms with Gasteiger partial charge in [0.05, 0.1) is 13.2 Å². The van der Waals surface area contributed by atoms with Crippen molar-refractivity contribution in [3.63, 3.8) is 0 Å². The number of rotatable bonds is 9. The van der Waals surface area contributed by atoms with Crippen LogP contribution < -0.4 is 20.1 Å². The average Bonchev–Trinajstić information content (AvgIpc) is 2.79. The molecule has 10 heteroatoms. The van der Waals surface area contributed by atoms with E-state index in [9.17, 15) is 13.2 Å². The molecule has 186 valence electrons. The van der Waals surface area contributed by atoms with Crippen molar-refractivity contribution in [3.8, 4) is 11.5 Å². The van der Waals surface area contributed by atoms with E-state index in [2.05, 4.69) is 4.74 Å². The van der Waals surface area contributed by atoms with E-state index in [-0.39, 0.29) is 22.8 Å². The highest BCUT2D eigenvalue weighted by Crippen LogP contribution is 2.66. The van der Waals surface area contributed by atoms with Gasteiger partial charge < -0.3 is 14.2 Å². The molecular weight excluding hydrogens is 481 g/mol. The summed E-state index contributed by atoms with van der Waals surface area (Å²) in [6, 6.07) is 11.1. The molecule has 2 atom stereocenters. The van der Waals surface area contributed by atoms with Gasteiger partial charge in [0.1, 0.15) is 11.5 Å². The van der Waals surface area contributed by atoms with Gasteiger partial charge in [-0.25, -0.2) is 8.78 Å². The van der Waals surface area contributed by atoms with E-state index in [1.807, 2.05) is 0 Å². The number of allylic oxidation sites excluding steroid dienone is 1. The Hall–Kier alpha value is -2.25.